The van der Waals surface area contributed by atoms with E-state index in [1.54, 1.807) is 12.1 Å². The number of allylic oxidation sites excluding steroid dienone is 5. The molecule has 0 aliphatic rings. The minimum atomic E-state index is -0.808. The average molecular weight is 395 g/mol. The van der Waals surface area contributed by atoms with E-state index in [4.69, 9.17) is 0 Å². The van der Waals surface area contributed by atoms with Gasteiger partial charge in [0.05, 0.1) is 0 Å². The van der Waals surface area contributed by atoms with Gasteiger partial charge in [-0.3, -0.25) is 0 Å². The maximum absolute atomic E-state index is 13.0. The van der Waals surface area contributed by atoms with Crippen molar-refractivity contribution in [3.8, 4) is 0 Å². The summed E-state index contributed by atoms with van der Waals surface area (Å²) in [6, 6.07) is 6.86. The second kappa shape index (κ2) is 11.7. The largest absolute Gasteiger partial charge is 0.207 e. The second-order valence-corrected chi connectivity index (χ2v) is 14.7. The van der Waals surface area contributed by atoms with Gasteiger partial charge in [-0.2, -0.15) is 9.06 Å². The molecule has 3 heteroatoms. The topological polar surface area (TPSA) is 0 Å². The molecule has 1 rings (SSSR count). The van der Waals surface area contributed by atoms with Crippen LogP contribution in [0.4, 0.5) is 4.39 Å². The monoisotopic (exact) mass is 394 g/mol. The molecule has 1 aromatic carbocycles. The van der Waals surface area contributed by atoms with Crippen molar-refractivity contribution in [2.75, 3.05) is 18.3 Å². The lowest BCUT2D eigenvalue weighted by molar-refractivity contribution is 0.626. The Morgan fingerprint density at radius 3 is 2.00 bits per heavy atom. The minimum absolute atomic E-state index is 0.165. The third-order valence-electron chi connectivity index (χ3n) is 4.09. The summed E-state index contributed by atoms with van der Waals surface area (Å²) in [5.74, 6) is 0.937. The number of hydrogen-bond acceptors (Lipinski definition) is 1. The Morgan fingerprint density at radius 2 is 1.42 bits per heavy atom. The fraction of sp³-hybridized carbons (Fsp3) is 0.478. The fourth-order valence-corrected chi connectivity index (χ4v) is 6.29. The zero-order valence-corrected chi connectivity index (χ0v) is 18.9. The van der Waals surface area contributed by atoms with E-state index in [0.29, 0.717) is 0 Å². The van der Waals surface area contributed by atoms with E-state index in [1.165, 1.54) is 23.1 Å². The number of hydrogen-bond donors (Lipinski definition) is 0. The van der Waals surface area contributed by atoms with Crippen molar-refractivity contribution in [2.45, 2.75) is 58.3 Å². The summed E-state index contributed by atoms with van der Waals surface area (Å²) in [4.78, 5) is 1.16. The molecule has 0 N–H and O–H groups in total. The lowest BCUT2D eigenvalue weighted by atomic mass is 10.1. The molecule has 26 heavy (non-hydrogen) atoms. The smallest absolute Gasteiger partial charge is 0.123 e. The average Bonchev–Trinajstić information content (AvgIpc) is 2.55. The van der Waals surface area contributed by atoms with Crippen LogP contribution in [-0.4, -0.2) is 18.3 Å². The van der Waals surface area contributed by atoms with Gasteiger partial charge in [0, 0.05) is 10.6 Å². The van der Waals surface area contributed by atoms with Crippen LogP contribution in [0.1, 0.15) is 53.4 Å². The van der Waals surface area contributed by atoms with Crippen molar-refractivity contribution in [3.63, 3.8) is 0 Å². The number of benzene rings is 1. The third kappa shape index (κ3) is 10.9. The molecule has 0 amide bonds. The summed E-state index contributed by atoms with van der Waals surface area (Å²) in [6.45, 7) is 8.80. The molecular weight excluding hydrogens is 359 g/mol. The first-order valence-electron chi connectivity index (χ1n) is 9.28. The Bertz CT molecular complexity index is 633. The summed E-state index contributed by atoms with van der Waals surface area (Å²) in [5, 5.41) is 0. The zero-order valence-electron chi connectivity index (χ0n) is 17.3. The molecule has 0 bridgehead atoms. The number of halogens is 1. The number of rotatable bonds is 10. The van der Waals surface area contributed by atoms with E-state index in [9.17, 15) is 4.39 Å². The first-order valence-corrected chi connectivity index (χ1v) is 13.2. The molecule has 1 aromatic rings. The van der Waals surface area contributed by atoms with Gasteiger partial charge in [-0.25, -0.2) is 4.39 Å². The van der Waals surface area contributed by atoms with Crippen LogP contribution in [0.2, 0.25) is 0 Å². The van der Waals surface area contributed by atoms with Crippen molar-refractivity contribution >= 4 is 19.9 Å². The van der Waals surface area contributed by atoms with E-state index in [1.807, 2.05) is 22.9 Å². The van der Waals surface area contributed by atoms with Crippen LogP contribution in [0.3, 0.4) is 0 Å². The van der Waals surface area contributed by atoms with E-state index >= 15 is 0 Å². The van der Waals surface area contributed by atoms with Crippen LogP contribution >= 0.6 is 19.9 Å². The molecule has 0 radical (unpaired) electrons. The zero-order chi connectivity index (χ0) is 19.6. The molecule has 0 spiro atoms. The highest BCUT2D eigenvalue weighted by Crippen LogP contribution is 2.57. The van der Waals surface area contributed by atoms with Crippen molar-refractivity contribution in [1.29, 1.82) is 0 Å². The summed E-state index contributed by atoms with van der Waals surface area (Å²) >= 11 is 0. The Morgan fingerprint density at radius 1 is 0.885 bits per heavy atom. The van der Waals surface area contributed by atoms with Crippen LogP contribution < -0.4 is 0 Å². The van der Waals surface area contributed by atoms with Crippen LogP contribution in [-0.2, 0) is 0 Å². The van der Waals surface area contributed by atoms with E-state index < -0.39 is 9.06 Å². The van der Waals surface area contributed by atoms with Gasteiger partial charge in [-0.1, -0.05) is 45.7 Å². The van der Waals surface area contributed by atoms with Crippen molar-refractivity contribution in [3.05, 3.63) is 65.0 Å². The summed E-state index contributed by atoms with van der Waals surface area (Å²) in [7, 11) is 1.08. The molecule has 0 heterocycles. The normalized spacial score (nSPS) is 13.7. The van der Waals surface area contributed by atoms with Gasteiger partial charge in [0.1, 0.15) is 5.82 Å². The van der Waals surface area contributed by atoms with Crippen molar-refractivity contribution < 1.29 is 4.39 Å². The maximum Gasteiger partial charge on any atom is 0.123 e. The summed E-state index contributed by atoms with van der Waals surface area (Å²) in [5.41, 5.74) is 4.37. The quantitative estimate of drug-likeness (QED) is 0.284. The fourth-order valence-electron chi connectivity index (χ4n) is 2.47. The van der Waals surface area contributed by atoms with Crippen LogP contribution in [0.25, 0.3) is 0 Å². The predicted molar refractivity (Wildman–Crippen MR) is 122 cm³/mol. The molecular formula is C23H35FS2. The first kappa shape index (κ1) is 23.1. The van der Waals surface area contributed by atoms with E-state index in [-0.39, 0.29) is 5.82 Å². The molecule has 146 valence electrons. The van der Waals surface area contributed by atoms with Crippen molar-refractivity contribution in [2.24, 2.45) is 0 Å². The van der Waals surface area contributed by atoms with Gasteiger partial charge in [0.15, 0.2) is 0 Å². The van der Waals surface area contributed by atoms with Crippen LogP contribution in [0.15, 0.2) is 64.1 Å². The summed E-state index contributed by atoms with van der Waals surface area (Å²) < 4.78 is 13.0. The predicted octanol–water partition coefficient (Wildman–Crippen LogP) is 8.32. The minimum Gasteiger partial charge on any atom is -0.207 e. The molecule has 0 aliphatic carbocycles. The highest BCUT2D eigenvalue weighted by Gasteiger charge is 2.12. The summed E-state index contributed by atoms with van der Waals surface area (Å²) in [6.07, 6.45) is 16.3. The van der Waals surface area contributed by atoms with Crippen molar-refractivity contribution in [1.82, 2.24) is 0 Å². The first-order chi connectivity index (χ1) is 12.2. The van der Waals surface area contributed by atoms with Gasteiger partial charge in [0.2, 0.25) is 0 Å². The lowest BCUT2D eigenvalue weighted by Gasteiger charge is -2.29. The van der Waals surface area contributed by atoms with E-state index in [2.05, 4.69) is 58.4 Å². The maximum atomic E-state index is 13.0. The molecule has 0 atom stereocenters. The molecule has 0 aliphatic heterocycles. The van der Waals surface area contributed by atoms with Gasteiger partial charge < -0.3 is 0 Å². The Hall–Kier alpha value is -0.930. The van der Waals surface area contributed by atoms with Crippen LogP contribution in [0.5, 0.6) is 0 Å². The van der Waals surface area contributed by atoms with Crippen LogP contribution in [0, 0.1) is 5.82 Å². The molecule has 0 nitrogen and oxygen atoms in total. The Labute approximate surface area is 165 Å². The molecule has 0 fully saturated rings. The Balaban J connectivity index is 2.41. The highest BCUT2D eigenvalue weighted by molar-refractivity contribution is 8.93. The van der Waals surface area contributed by atoms with Gasteiger partial charge >= 0.3 is 0 Å². The third-order valence-corrected chi connectivity index (χ3v) is 8.32. The van der Waals surface area contributed by atoms with Gasteiger partial charge in [-0.05, 0) is 90.2 Å². The Kier molecular flexibility index (Phi) is 10.4. The second-order valence-electron chi connectivity index (χ2n) is 7.60. The highest BCUT2D eigenvalue weighted by atomic mass is 33.2. The van der Waals surface area contributed by atoms with Gasteiger partial charge in [0.25, 0.3) is 0 Å². The molecule has 0 saturated carbocycles. The lowest BCUT2D eigenvalue weighted by Crippen LogP contribution is -1.95. The standard InChI is InChI=1S/C23H35FS2/c1-19(2)9-7-10-20(3)11-8-12-21(4)17-18-26(5,6)25-23-15-13-22(24)14-16-23/h9,11,13-17H,7-8,10,12,18H2,1-6H3. The van der Waals surface area contributed by atoms with E-state index in [0.717, 1.165) is 29.9 Å². The molecule has 0 saturated heterocycles. The van der Waals surface area contributed by atoms with Gasteiger partial charge in [-0.15, -0.1) is 0 Å². The molecule has 0 unspecified atom stereocenters. The molecule has 0 aromatic heterocycles. The SMILES string of the molecule is CC(C)=CCCC(C)=CCCC(C)=CCS(C)(C)Sc1ccc(F)cc1.